The first-order valence-corrected chi connectivity index (χ1v) is 9.45. The van der Waals surface area contributed by atoms with Gasteiger partial charge in [-0.2, -0.15) is 13.2 Å². The third-order valence-electron chi connectivity index (χ3n) is 3.16. The minimum atomic E-state index is -4.53. The molecule has 0 radical (unpaired) electrons. The zero-order valence-electron chi connectivity index (χ0n) is 12.9. The van der Waals surface area contributed by atoms with Crippen LogP contribution >= 0.6 is 22.9 Å². The first kappa shape index (κ1) is 20.5. The number of rotatable bonds is 6. The molecular weight excluding hydrogens is 419 g/mol. The Labute approximate surface area is 155 Å². The number of hydrogen-bond donors (Lipinski definition) is 2. The summed E-state index contributed by atoms with van der Waals surface area (Å²) in [4.78, 5) is 10.8. The third kappa shape index (κ3) is 4.47. The lowest BCUT2D eigenvalue weighted by atomic mass is 10.2. The van der Waals surface area contributed by atoms with Crippen molar-refractivity contribution in [3.63, 3.8) is 0 Å². The summed E-state index contributed by atoms with van der Waals surface area (Å²) < 4.78 is 69.6. The first-order chi connectivity index (χ1) is 12.0. The number of alkyl halides is 3. The molecule has 6 nitrogen and oxygen atoms in total. The average molecular weight is 430 g/mol. The zero-order valence-corrected chi connectivity index (χ0v) is 15.3. The molecule has 1 heterocycles. The van der Waals surface area contributed by atoms with Crippen molar-refractivity contribution < 1.29 is 36.2 Å². The number of hydrogen-bond acceptors (Lipinski definition) is 5. The maximum absolute atomic E-state index is 12.6. The normalized spacial score (nSPS) is 12.2. The Hall–Kier alpha value is -1.82. The summed E-state index contributed by atoms with van der Waals surface area (Å²) in [7, 11) is -3.22. The second kappa shape index (κ2) is 7.43. The molecule has 0 unspecified atom stereocenters. The van der Waals surface area contributed by atoms with Crippen LogP contribution in [0.2, 0.25) is 5.02 Å². The topological polar surface area (TPSA) is 92.7 Å². The second-order valence-electron chi connectivity index (χ2n) is 4.91. The van der Waals surface area contributed by atoms with Crippen LogP contribution in [0.3, 0.4) is 0 Å². The molecule has 0 aliphatic carbocycles. The van der Waals surface area contributed by atoms with Crippen LogP contribution in [0.4, 0.5) is 13.2 Å². The maximum atomic E-state index is 12.6. The van der Waals surface area contributed by atoms with E-state index in [1.165, 1.54) is 0 Å². The summed E-state index contributed by atoms with van der Waals surface area (Å²) in [6.07, 6.45) is -4.53. The van der Waals surface area contributed by atoms with Crippen molar-refractivity contribution in [3.8, 4) is 5.75 Å². The Kier molecular flexibility index (Phi) is 5.85. The highest BCUT2D eigenvalue weighted by Crippen LogP contribution is 2.34. The summed E-state index contributed by atoms with van der Waals surface area (Å²) in [5.74, 6) is -1.88. The lowest BCUT2D eigenvalue weighted by Gasteiger charge is -2.13. The van der Waals surface area contributed by atoms with Gasteiger partial charge in [-0.05, 0) is 18.2 Å². The van der Waals surface area contributed by atoms with Crippen LogP contribution in [0.15, 0.2) is 28.5 Å². The van der Waals surface area contributed by atoms with Gasteiger partial charge in [-0.3, -0.25) is 0 Å². The third-order valence-corrected chi connectivity index (χ3v) is 5.72. The number of carboxylic acid groups (broad SMARTS) is 1. The van der Waals surface area contributed by atoms with Gasteiger partial charge in [0.25, 0.3) is 0 Å². The van der Waals surface area contributed by atoms with Crippen molar-refractivity contribution in [1.29, 1.82) is 0 Å². The van der Waals surface area contributed by atoms with E-state index < -0.39 is 50.5 Å². The van der Waals surface area contributed by atoms with Gasteiger partial charge in [0.15, 0.2) is 5.75 Å². The van der Waals surface area contributed by atoms with Gasteiger partial charge in [0.2, 0.25) is 10.0 Å². The molecule has 2 rings (SSSR count). The van der Waals surface area contributed by atoms with Crippen LogP contribution in [0.25, 0.3) is 0 Å². The summed E-state index contributed by atoms with van der Waals surface area (Å²) in [6, 6.07) is 2.84. The van der Waals surface area contributed by atoms with Crippen molar-refractivity contribution in [2.45, 2.75) is 17.6 Å². The number of sulfonamides is 1. The Balaban J connectivity index is 2.33. The van der Waals surface area contributed by atoms with Crippen LogP contribution in [-0.4, -0.2) is 26.6 Å². The minimum absolute atomic E-state index is 0.125. The van der Waals surface area contributed by atoms with E-state index in [4.69, 9.17) is 21.4 Å². The van der Waals surface area contributed by atoms with Crippen molar-refractivity contribution >= 4 is 38.9 Å². The van der Waals surface area contributed by atoms with E-state index in [-0.39, 0.29) is 9.90 Å². The molecule has 0 saturated heterocycles. The van der Waals surface area contributed by atoms with Crippen LogP contribution in [-0.2, 0) is 22.7 Å². The highest BCUT2D eigenvalue weighted by atomic mass is 35.5. The molecule has 1 aromatic carbocycles. The van der Waals surface area contributed by atoms with Gasteiger partial charge in [0.05, 0.1) is 12.7 Å². The van der Waals surface area contributed by atoms with Crippen LogP contribution in [0.5, 0.6) is 5.75 Å². The monoisotopic (exact) mass is 429 g/mol. The largest absolute Gasteiger partial charge is 0.494 e. The first-order valence-electron chi connectivity index (χ1n) is 6.71. The van der Waals surface area contributed by atoms with Crippen molar-refractivity contribution in [1.82, 2.24) is 4.72 Å². The number of methoxy groups -OCH3 is 1. The van der Waals surface area contributed by atoms with E-state index in [1.54, 1.807) is 0 Å². The highest BCUT2D eigenvalue weighted by molar-refractivity contribution is 7.89. The van der Waals surface area contributed by atoms with E-state index in [0.717, 1.165) is 42.0 Å². The molecule has 142 valence electrons. The summed E-state index contributed by atoms with van der Waals surface area (Å²) in [5, 5.41) is 9.85. The fourth-order valence-electron chi connectivity index (χ4n) is 2.00. The van der Waals surface area contributed by atoms with Crippen LogP contribution < -0.4 is 9.46 Å². The molecule has 0 bridgehead atoms. The molecule has 12 heteroatoms. The molecule has 0 aliphatic rings. The van der Waals surface area contributed by atoms with Crippen molar-refractivity contribution in [3.05, 3.63) is 44.6 Å². The number of aromatic carboxylic acids is 1. The van der Waals surface area contributed by atoms with E-state index in [0.29, 0.717) is 0 Å². The molecule has 0 fully saturated rings. The molecule has 26 heavy (non-hydrogen) atoms. The molecule has 2 aromatic rings. The fourth-order valence-corrected chi connectivity index (χ4v) is 4.43. The predicted molar refractivity (Wildman–Crippen MR) is 88.3 cm³/mol. The minimum Gasteiger partial charge on any atom is -0.494 e. The van der Waals surface area contributed by atoms with E-state index >= 15 is 0 Å². The lowest BCUT2D eigenvalue weighted by Crippen LogP contribution is -2.24. The van der Waals surface area contributed by atoms with Gasteiger partial charge in [-0.15, -0.1) is 11.3 Å². The summed E-state index contributed by atoms with van der Waals surface area (Å²) in [6.45, 7) is -0.416. The fraction of sp³-hybridized carbons (Fsp3) is 0.214. The van der Waals surface area contributed by atoms with E-state index in [2.05, 4.69) is 4.72 Å². The quantitative estimate of drug-likeness (QED) is 0.731. The van der Waals surface area contributed by atoms with Gasteiger partial charge in [-0.1, -0.05) is 11.6 Å². The maximum Gasteiger partial charge on any atom is 0.417 e. The Morgan fingerprint density at radius 2 is 2.00 bits per heavy atom. The van der Waals surface area contributed by atoms with Crippen molar-refractivity contribution in [2.75, 3.05) is 7.11 Å². The zero-order chi connectivity index (χ0) is 19.7. The van der Waals surface area contributed by atoms with Crippen LogP contribution in [0, 0.1) is 0 Å². The Morgan fingerprint density at radius 1 is 1.35 bits per heavy atom. The summed E-state index contributed by atoms with van der Waals surface area (Å²) in [5.41, 5.74) is -1.35. The SMILES string of the molecule is COc1c(C(=O)O)cc(Cl)cc1S(=O)(=O)NCc1cc(C(F)(F)F)cs1. The van der Waals surface area contributed by atoms with E-state index in [1.807, 2.05) is 0 Å². The van der Waals surface area contributed by atoms with Gasteiger partial charge >= 0.3 is 12.1 Å². The number of ether oxygens (including phenoxy) is 1. The molecule has 0 aliphatic heterocycles. The molecule has 0 amide bonds. The average Bonchev–Trinajstić information content (AvgIpc) is 3.01. The number of halogens is 4. The molecule has 2 N–H and O–H groups in total. The van der Waals surface area contributed by atoms with Crippen molar-refractivity contribution in [2.24, 2.45) is 0 Å². The molecule has 0 saturated carbocycles. The standard InChI is InChI=1S/C14H11ClF3NO5S2/c1-24-12-10(13(20)21)3-8(15)4-11(12)26(22,23)19-5-9-2-7(6-25-9)14(16,17)18/h2-4,6,19H,5H2,1H3,(H,20,21). The molecule has 0 atom stereocenters. The lowest BCUT2D eigenvalue weighted by molar-refractivity contribution is -0.137. The summed E-state index contributed by atoms with van der Waals surface area (Å²) >= 11 is 6.50. The Bertz CT molecular complexity index is 941. The van der Waals surface area contributed by atoms with Gasteiger partial charge < -0.3 is 9.84 Å². The van der Waals surface area contributed by atoms with E-state index in [9.17, 15) is 26.4 Å². The van der Waals surface area contributed by atoms with Gasteiger partial charge in [0, 0.05) is 21.8 Å². The van der Waals surface area contributed by atoms with Crippen LogP contribution in [0.1, 0.15) is 20.8 Å². The highest BCUT2D eigenvalue weighted by Gasteiger charge is 2.32. The number of nitrogens with one attached hydrogen (secondary N) is 1. The smallest absolute Gasteiger partial charge is 0.417 e. The molecule has 1 aromatic heterocycles. The number of carboxylic acids is 1. The second-order valence-corrected chi connectivity index (χ2v) is 8.08. The molecule has 0 spiro atoms. The number of thiophene rings is 1. The Morgan fingerprint density at radius 3 is 2.50 bits per heavy atom. The predicted octanol–water partition coefficient (Wildman–Crippen LogP) is 3.61. The van der Waals surface area contributed by atoms with Gasteiger partial charge in [0.1, 0.15) is 10.5 Å². The number of carbonyl (C=O) groups is 1. The molecular formula is C14H11ClF3NO5S2. The number of benzene rings is 1. The van der Waals surface area contributed by atoms with Gasteiger partial charge in [-0.25, -0.2) is 17.9 Å².